The van der Waals surface area contributed by atoms with Gasteiger partial charge in [0, 0.05) is 6.20 Å². The highest BCUT2D eigenvalue weighted by atomic mass is 19.4. The Bertz CT molecular complexity index is 1070. The Morgan fingerprint density at radius 1 is 1.09 bits per heavy atom. The smallest absolute Gasteiger partial charge is 0.417 e. The number of carbonyl (C=O) groups excluding carboxylic acids is 2. The number of hydrogen-bond acceptors (Lipinski definition) is 6. The summed E-state index contributed by atoms with van der Waals surface area (Å²) in [5, 5.41) is 6.53. The van der Waals surface area contributed by atoms with Gasteiger partial charge in [-0.1, -0.05) is 18.2 Å². The van der Waals surface area contributed by atoms with E-state index in [1.807, 2.05) is 18.2 Å². The lowest BCUT2D eigenvalue weighted by Crippen LogP contribution is -2.32. The van der Waals surface area contributed by atoms with E-state index >= 15 is 0 Å². The second kappa shape index (κ2) is 9.94. The highest BCUT2D eigenvalue weighted by Crippen LogP contribution is 2.28. The van der Waals surface area contributed by atoms with Gasteiger partial charge in [0.1, 0.15) is 17.9 Å². The summed E-state index contributed by atoms with van der Waals surface area (Å²) >= 11 is 0. The second-order valence-corrected chi connectivity index (χ2v) is 6.55. The monoisotopic (exact) mass is 448 g/mol. The van der Waals surface area contributed by atoms with Gasteiger partial charge >= 0.3 is 12.1 Å². The van der Waals surface area contributed by atoms with Crippen LogP contribution in [0, 0.1) is 6.92 Å². The Hall–Kier alpha value is -3.89. The number of halogens is 3. The number of para-hydroxylation sites is 1. The first-order valence-corrected chi connectivity index (χ1v) is 9.45. The molecule has 0 aliphatic heterocycles. The molecule has 1 aromatic carbocycles. The van der Waals surface area contributed by atoms with Gasteiger partial charge < -0.3 is 14.8 Å². The van der Waals surface area contributed by atoms with Crippen molar-refractivity contribution in [3.63, 3.8) is 0 Å². The molecule has 3 aromatic rings. The van der Waals surface area contributed by atoms with E-state index in [-0.39, 0.29) is 24.5 Å². The fourth-order valence-electron chi connectivity index (χ4n) is 2.66. The molecule has 32 heavy (non-hydrogen) atoms. The van der Waals surface area contributed by atoms with Crippen molar-refractivity contribution in [1.29, 1.82) is 0 Å². The van der Waals surface area contributed by atoms with Crippen LogP contribution < -0.4 is 10.1 Å². The van der Waals surface area contributed by atoms with Crippen molar-refractivity contribution in [2.24, 2.45) is 0 Å². The van der Waals surface area contributed by atoms with Crippen molar-refractivity contribution in [1.82, 2.24) is 20.1 Å². The molecule has 0 saturated heterocycles. The summed E-state index contributed by atoms with van der Waals surface area (Å²) in [6.07, 6.45) is -2.63. The molecule has 0 saturated carbocycles. The number of carbonyl (C=O) groups is 2. The fraction of sp³-hybridized carbons (Fsp3) is 0.238. The number of alkyl halides is 3. The Labute approximate surface area is 181 Å². The van der Waals surface area contributed by atoms with E-state index in [0.717, 1.165) is 12.1 Å². The number of hydrogen-bond donors (Lipinski definition) is 1. The van der Waals surface area contributed by atoms with Crippen LogP contribution in [0.3, 0.4) is 0 Å². The minimum Gasteiger partial charge on any atom is -0.492 e. The average molecular weight is 448 g/mol. The zero-order chi connectivity index (χ0) is 23.1. The molecular formula is C21H19F3N4O4. The first-order chi connectivity index (χ1) is 15.3. The standard InChI is InChI=1S/C21H19F3N4O4/c1-14-17(12-27-28(14)18-8-7-15(11-26-18)21(22,23)24)20(30)32-13-19(29)25-9-10-31-16-5-3-2-4-6-16/h2-8,11-12H,9-10,13H2,1H3,(H,25,29). The zero-order valence-electron chi connectivity index (χ0n) is 16.9. The van der Waals surface area contributed by atoms with Gasteiger partial charge in [-0.2, -0.15) is 18.3 Å². The maximum Gasteiger partial charge on any atom is 0.417 e. The van der Waals surface area contributed by atoms with Crippen LogP contribution in [0.4, 0.5) is 13.2 Å². The second-order valence-electron chi connectivity index (χ2n) is 6.55. The van der Waals surface area contributed by atoms with Crippen LogP contribution >= 0.6 is 0 Å². The normalized spacial score (nSPS) is 11.1. The summed E-state index contributed by atoms with van der Waals surface area (Å²) in [6.45, 7) is 1.49. The SMILES string of the molecule is Cc1c(C(=O)OCC(=O)NCCOc2ccccc2)cnn1-c1ccc(C(F)(F)F)cn1. The minimum absolute atomic E-state index is 0.0620. The van der Waals surface area contributed by atoms with E-state index in [0.29, 0.717) is 17.6 Å². The quantitative estimate of drug-likeness (QED) is 0.421. The fourth-order valence-corrected chi connectivity index (χ4v) is 2.66. The van der Waals surface area contributed by atoms with Crippen molar-refractivity contribution >= 4 is 11.9 Å². The van der Waals surface area contributed by atoms with Crippen molar-refractivity contribution < 1.29 is 32.2 Å². The Morgan fingerprint density at radius 3 is 2.50 bits per heavy atom. The molecule has 0 spiro atoms. The zero-order valence-corrected chi connectivity index (χ0v) is 16.9. The number of pyridine rings is 1. The molecule has 0 unspecified atom stereocenters. The lowest BCUT2D eigenvalue weighted by Gasteiger charge is -2.09. The van der Waals surface area contributed by atoms with Gasteiger partial charge in [0.2, 0.25) is 0 Å². The highest BCUT2D eigenvalue weighted by molar-refractivity contribution is 5.92. The van der Waals surface area contributed by atoms with Crippen LogP contribution in [-0.4, -0.2) is 46.4 Å². The number of nitrogens with one attached hydrogen (secondary N) is 1. The molecule has 168 valence electrons. The van der Waals surface area contributed by atoms with E-state index in [4.69, 9.17) is 9.47 Å². The van der Waals surface area contributed by atoms with Crippen molar-refractivity contribution in [2.45, 2.75) is 13.1 Å². The first-order valence-electron chi connectivity index (χ1n) is 9.45. The molecule has 0 radical (unpaired) electrons. The third-order valence-electron chi connectivity index (χ3n) is 4.29. The molecule has 3 rings (SSSR count). The molecule has 2 heterocycles. The van der Waals surface area contributed by atoms with E-state index in [1.54, 1.807) is 12.1 Å². The Morgan fingerprint density at radius 2 is 1.84 bits per heavy atom. The lowest BCUT2D eigenvalue weighted by molar-refractivity contribution is -0.137. The number of benzene rings is 1. The summed E-state index contributed by atoms with van der Waals surface area (Å²) in [6, 6.07) is 11.1. The van der Waals surface area contributed by atoms with Gasteiger partial charge in [-0.05, 0) is 31.2 Å². The molecule has 0 bridgehead atoms. The van der Waals surface area contributed by atoms with Gasteiger partial charge in [-0.3, -0.25) is 4.79 Å². The van der Waals surface area contributed by atoms with Gasteiger partial charge in [0.25, 0.3) is 5.91 Å². The van der Waals surface area contributed by atoms with Crippen LogP contribution in [0.1, 0.15) is 21.6 Å². The summed E-state index contributed by atoms with van der Waals surface area (Å²) in [5.74, 6) is -0.533. The van der Waals surface area contributed by atoms with E-state index in [1.165, 1.54) is 17.8 Å². The van der Waals surface area contributed by atoms with Crippen LogP contribution in [-0.2, 0) is 15.7 Å². The summed E-state index contributed by atoms with van der Waals surface area (Å²) in [7, 11) is 0. The Balaban J connectivity index is 1.49. The van der Waals surface area contributed by atoms with E-state index in [9.17, 15) is 22.8 Å². The maximum absolute atomic E-state index is 12.7. The number of amides is 1. The number of ether oxygens (including phenoxy) is 2. The van der Waals surface area contributed by atoms with Crippen LogP contribution in [0.15, 0.2) is 54.9 Å². The van der Waals surface area contributed by atoms with Gasteiger partial charge in [-0.15, -0.1) is 0 Å². The van der Waals surface area contributed by atoms with Crippen molar-refractivity contribution in [3.8, 4) is 11.6 Å². The lowest BCUT2D eigenvalue weighted by atomic mass is 10.2. The van der Waals surface area contributed by atoms with Crippen LogP contribution in [0.2, 0.25) is 0 Å². The largest absolute Gasteiger partial charge is 0.492 e. The molecule has 2 aromatic heterocycles. The molecule has 0 aliphatic rings. The molecule has 1 N–H and O–H groups in total. The van der Waals surface area contributed by atoms with E-state index < -0.39 is 30.2 Å². The first kappa shape index (κ1) is 22.8. The average Bonchev–Trinajstić information content (AvgIpc) is 3.16. The summed E-state index contributed by atoms with van der Waals surface area (Å²) in [5.41, 5.74) is -0.531. The molecule has 0 fully saturated rings. The minimum atomic E-state index is -4.51. The van der Waals surface area contributed by atoms with Crippen molar-refractivity contribution in [3.05, 3.63) is 71.7 Å². The summed E-state index contributed by atoms with van der Waals surface area (Å²) in [4.78, 5) is 27.9. The summed E-state index contributed by atoms with van der Waals surface area (Å²) < 4.78 is 49.6. The molecular weight excluding hydrogens is 429 g/mol. The topological polar surface area (TPSA) is 95.3 Å². The van der Waals surface area contributed by atoms with E-state index in [2.05, 4.69) is 15.4 Å². The van der Waals surface area contributed by atoms with Crippen molar-refractivity contribution in [2.75, 3.05) is 19.8 Å². The van der Waals surface area contributed by atoms with Gasteiger partial charge in [-0.25, -0.2) is 14.5 Å². The van der Waals surface area contributed by atoms with Crippen LogP contribution in [0.25, 0.3) is 5.82 Å². The predicted octanol–water partition coefficient (Wildman–Crippen LogP) is 2.95. The molecule has 0 atom stereocenters. The molecule has 8 nitrogen and oxygen atoms in total. The van der Waals surface area contributed by atoms with Gasteiger partial charge in [0.15, 0.2) is 12.4 Å². The third-order valence-corrected chi connectivity index (χ3v) is 4.29. The van der Waals surface area contributed by atoms with Crippen LogP contribution in [0.5, 0.6) is 5.75 Å². The predicted molar refractivity (Wildman–Crippen MR) is 106 cm³/mol. The number of nitrogens with zero attached hydrogens (tertiary/aromatic N) is 3. The maximum atomic E-state index is 12.7. The number of rotatable bonds is 8. The number of aromatic nitrogens is 3. The Kier molecular flexibility index (Phi) is 7.08. The third kappa shape index (κ3) is 5.84. The molecule has 1 amide bonds. The highest BCUT2D eigenvalue weighted by Gasteiger charge is 2.31. The van der Waals surface area contributed by atoms with Gasteiger partial charge in [0.05, 0.1) is 24.0 Å². The number of esters is 1. The molecule has 0 aliphatic carbocycles. The molecule has 11 heteroatoms.